The molecular formula is C23H28N4O2U. The van der Waals surface area contributed by atoms with Gasteiger partial charge in [-0.2, -0.15) is 0 Å². The van der Waals surface area contributed by atoms with Gasteiger partial charge in [0.2, 0.25) is 0 Å². The van der Waals surface area contributed by atoms with Crippen LogP contribution in [-0.4, -0.2) is 31.8 Å². The number of nitrogens with zero attached hydrogens (tertiary/aromatic N) is 4. The van der Waals surface area contributed by atoms with E-state index < -0.39 is 0 Å². The molecule has 1 aromatic heterocycles. The molecule has 0 radical (unpaired) electrons. The van der Waals surface area contributed by atoms with E-state index in [0.29, 0.717) is 23.3 Å². The molecule has 0 fully saturated rings. The van der Waals surface area contributed by atoms with Crippen LogP contribution in [0.1, 0.15) is 47.5 Å². The van der Waals surface area contributed by atoms with Crippen molar-refractivity contribution >= 4 is 11.6 Å². The molecule has 0 unspecified atom stereocenters. The molecule has 30 heavy (non-hydrogen) atoms. The van der Waals surface area contributed by atoms with E-state index in [2.05, 4.69) is 61.4 Å². The van der Waals surface area contributed by atoms with Crippen LogP contribution in [0.4, 0.5) is 0 Å². The number of Topliss-reactive ketones (excluding diaryl/α,β-unsaturated/α-hetero) is 2. The monoisotopic (exact) mass is 630 g/mol. The Morgan fingerprint density at radius 1 is 1.27 bits per heavy atom. The Balaban J connectivity index is 0.000000341. The summed E-state index contributed by atoms with van der Waals surface area (Å²) in [4.78, 5) is 25.4. The Morgan fingerprint density at radius 2 is 1.97 bits per heavy atom. The zero-order chi connectivity index (χ0) is 21.4. The third-order valence-electron chi connectivity index (χ3n) is 6.37. The van der Waals surface area contributed by atoms with Crippen LogP contribution in [0.5, 0.6) is 0 Å². The van der Waals surface area contributed by atoms with Crippen LogP contribution in [-0.2, 0) is 16.1 Å². The molecule has 0 spiro atoms. The molecule has 0 aliphatic heterocycles. The van der Waals surface area contributed by atoms with Crippen molar-refractivity contribution in [3.63, 3.8) is 0 Å². The quantitative estimate of drug-likeness (QED) is 0.369. The molecule has 7 heteroatoms. The van der Waals surface area contributed by atoms with Gasteiger partial charge in [0.1, 0.15) is 6.33 Å². The Morgan fingerprint density at radius 3 is 2.50 bits per heavy atom. The van der Waals surface area contributed by atoms with Crippen LogP contribution in [0.2, 0.25) is 0 Å². The molecule has 6 nitrogen and oxygen atoms in total. The molecule has 4 rings (SSSR count). The minimum atomic E-state index is -0.197. The zero-order valence-corrected chi connectivity index (χ0v) is 22.5. The first kappa shape index (κ1) is 24.7. The van der Waals surface area contributed by atoms with Gasteiger partial charge < -0.3 is 16.5 Å². The van der Waals surface area contributed by atoms with Gasteiger partial charge in [-0.25, -0.2) is 0 Å². The van der Waals surface area contributed by atoms with Gasteiger partial charge in [0.15, 0.2) is 0 Å². The number of aromatic nitrogens is 4. The number of hydrogen-bond donors (Lipinski definition) is 0. The van der Waals surface area contributed by atoms with Crippen molar-refractivity contribution in [1.82, 2.24) is 20.2 Å². The van der Waals surface area contributed by atoms with Crippen molar-refractivity contribution in [2.24, 2.45) is 16.7 Å². The van der Waals surface area contributed by atoms with Gasteiger partial charge in [0.05, 0.1) is 11.6 Å². The summed E-state index contributed by atoms with van der Waals surface area (Å²) in [6, 6.07) is 0. The smallest absolute Gasteiger partial charge is 0.366 e. The molecule has 3 aliphatic carbocycles. The average molecular weight is 631 g/mol. The first-order valence-corrected chi connectivity index (χ1v) is 10.00. The predicted octanol–water partition coefficient (Wildman–Crippen LogP) is 3.65. The SMILES string of the molecule is CC(C)C1=[C-]C(=O)C2=C(C=C[C@@]3(C)C2=CCCC3(C)C)C1=O.[CH2-]Cn1cnnn1.[U+2]. The Hall–Kier alpha value is -1.58. The maximum Gasteiger partial charge on any atom is 2.00 e. The van der Waals surface area contributed by atoms with Crippen LogP contribution in [0, 0.1) is 60.9 Å². The molecule has 1 atom stereocenters. The topological polar surface area (TPSA) is 77.7 Å². The van der Waals surface area contributed by atoms with E-state index in [1.54, 1.807) is 4.68 Å². The van der Waals surface area contributed by atoms with E-state index in [9.17, 15) is 9.59 Å². The summed E-state index contributed by atoms with van der Waals surface area (Å²) < 4.78 is 1.54. The summed E-state index contributed by atoms with van der Waals surface area (Å²) in [5, 5.41) is 10.3. The molecule has 0 amide bonds. The number of carbonyl (C=O) groups is 2. The number of rotatable bonds is 2. The van der Waals surface area contributed by atoms with E-state index in [-0.39, 0.29) is 59.4 Å². The van der Waals surface area contributed by atoms with E-state index in [1.165, 1.54) is 6.33 Å². The molecule has 3 aliphatic rings. The number of carbonyl (C=O) groups excluding carboxylic acids is 2. The van der Waals surface area contributed by atoms with Gasteiger partial charge in [0.25, 0.3) is 0 Å². The fourth-order valence-electron chi connectivity index (χ4n) is 4.08. The second-order valence-corrected chi connectivity index (χ2v) is 8.79. The van der Waals surface area contributed by atoms with E-state index in [1.807, 2.05) is 19.9 Å². The fourth-order valence-corrected chi connectivity index (χ4v) is 4.08. The minimum absolute atomic E-state index is 0. The van der Waals surface area contributed by atoms with Crippen LogP contribution in [0.15, 0.2) is 46.8 Å². The van der Waals surface area contributed by atoms with Crippen LogP contribution in [0.3, 0.4) is 0 Å². The number of ketones is 2. The molecule has 0 saturated heterocycles. The van der Waals surface area contributed by atoms with Gasteiger partial charge >= 0.3 is 31.1 Å². The Bertz CT molecular complexity index is 952. The predicted molar refractivity (Wildman–Crippen MR) is 110 cm³/mol. The molecule has 156 valence electrons. The molecule has 1 heterocycles. The van der Waals surface area contributed by atoms with Crippen molar-refractivity contribution in [3.8, 4) is 0 Å². The summed E-state index contributed by atoms with van der Waals surface area (Å²) in [6.45, 7) is 14.7. The second-order valence-electron chi connectivity index (χ2n) is 8.79. The molecule has 0 N–H and O–H groups in total. The van der Waals surface area contributed by atoms with Crippen molar-refractivity contribution < 1.29 is 40.7 Å². The normalized spacial score (nSPS) is 24.2. The third-order valence-corrected chi connectivity index (χ3v) is 6.37. The number of tetrazole rings is 1. The third kappa shape index (κ3) is 4.25. The van der Waals surface area contributed by atoms with Crippen molar-refractivity contribution in [3.05, 3.63) is 59.8 Å². The number of hydrogen-bond acceptors (Lipinski definition) is 5. The molecule has 0 saturated carbocycles. The maximum atomic E-state index is 12.7. The van der Waals surface area contributed by atoms with Gasteiger partial charge in [-0.1, -0.05) is 76.1 Å². The van der Waals surface area contributed by atoms with Crippen LogP contribution in [0.25, 0.3) is 0 Å². The minimum Gasteiger partial charge on any atom is -0.366 e. The number of allylic oxidation sites excluding steroid dienone is 8. The largest absolute Gasteiger partial charge is 2.00 e. The summed E-state index contributed by atoms with van der Waals surface area (Å²) in [5.41, 5.74) is 2.55. The summed E-state index contributed by atoms with van der Waals surface area (Å²) in [7, 11) is 0. The van der Waals surface area contributed by atoms with E-state index in [4.69, 9.17) is 0 Å². The molecule has 0 bridgehead atoms. The summed E-state index contributed by atoms with van der Waals surface area (Å²) in [6.07, 6.45) is 12.5. The van der Waals surface area contributed by atoms with Crippen molar-refractivity contribution in [1.29, 1.82) is 0 Å². The molecule has 1 aromatic rings. The van der Waals surface area contributed by atoms with Gasteiger partial charge in [-0.05, 0) is 34.6 Å². The summed E-state index contributed by atoms with van der Waals surface area (Å²) >= 11 is 0. The van der Waals surface area contributed by atoms with E-state index >= 15 is 0 Å². The number of fused-ring (bicyclic) bond motifs is 2. The van der Waals surface area contributed by atoms with Crippen molar-refractivity contribution in [2.45, 2.75) is 54.0 Å². The van der Waals surface area contributed by atoms with Crippen molar-refractivity contribution in [2.75, 3.05) is 0 Å². The Labute approximate surface area is 202 Å². The molecule has 0 aromatic carbocycles. The molecular weight excluding hydrogens is 602 g/mol. The first-order chi connectivity index (χ1) is 13.6. The standard InChI is InChI=1S/C20H23O2.C3H5N4.U/c1-12(2)14-11-16(21)17-13(18(14)22)8-10-20(5)15(17)7-6-9-19(20,3)4;1-2-7-3-4-5-6-7;/h7-8,10,12H,6,9H2,1-5H3;3H,1-2H2;/q2*-1;+2/t20-;;/m0../s1. The Kier molecular flexibility index (Phi) is 7.64. The van der Waals surface area contributed by atoms with Gasteiger partial charge in [-0.15, -0.1) is 16.7 Å². The fraction of sp³-hybridized carbons (Fsp3) is 0.478. The first-order valence-electron chi connectivity index (χ1n) is 10.00. The maximum absolute atomic E-state index is 12.7. The average Bonchev–Trinajstić information content (AvgIpc) is 3.19. The zero-order valence-electron chi connectivity index (χ0n) is 18.3. The van der Waals surface area contributed by atoms with E-state index in [0.717, 1.165) is 18.4 Å². The van der Waals surface area contributed by atoms with Crippen LogP contribution >= 0.6 is 0 Å². The van der Waals surface area contributed by atoms with Crippen LogP contribution < -0.4 is 0 Å². The summed E-state index contributed by atoms with van der Waals surface area (Å²) in [5.74, 6) is -0.144. The van der Waals surface area contributed by atoms with Gasteiger partial charge in [-0.3, -0.25) is 4.68 Å². The van der Waals surface area contributed by atoms with Gasteiger partial charge in [0, 0.05) is 5.41 Å². The second kappa shape index (κ2) is 9.28.